The lowest BCUT2D eigenvalue weighted by molar-refractivity contribution is -0.137. The van der Waals surface area contributed by atoms with Crippen LogP contribution in [0.4, 0.5) is 13.2 Å². The number of amides is 1. The van der Waals surface area contributed by atoms with Crippen molar-refractivity contribution in [1.29, 1.82) is 0 Å². The van der Waals surface area contributed by atoms with Crippen LogP contribution < -0.4 is 0 Å². The molecule has 0 aliphatic heterocycles. The van der Waals surface area contributed by atoms with Crippen molar-refractivity contribution in [2.24, 2.45) is 0 Å². The van der Waals surface area contributed by atoms with E-state index >= 15 is 0 Å². The minimum Gasteiger partial charge on any atom is -0.339 e. The molecule has 0 N–H and O–H groups in total. The van der Waals surface area contributed by atoms with Crippen LogP contribution in [0.3, 0.4) is 0 Å². The lowest BCUT2D eigenvalue weighted by Crippen LogP contribution is -2.37. The maximum Gasteiger partial charge on any atom is 0.416 e. The molecule has 2 aromatic rings. The fourth-order valence-electron chi connectivity index (χ4n) is 2.13. The van der Waals surface area contributed by atoms with E-state index in [1.807, 2.05) is 0 Å². The Morgan fingerprint density at radius 3 is 2.62 bits per heavy atom. The standard InChI is InChI=1S/C16H15ClF3N3O/c1-10(7-12-9-21-5-6-22-12)23(2)15(24)13-8-11(16(18,19)20)3-4-14(13)17/h3-6,8-10H,7H2,1-2H3/t10-/m1/s1. The first kappa shape index (κ1) is 18.2. The Morgan fingerprint density at radius 2 is 2.04 bits per heavy atom. The minimum atomic E-state index is -4.54. The van der Waals surface area contributed by atoms with Gasteiger partial charge in [0.15, 0.2) is 0 Å². The van der Waals surface area contributed by atoms with Crippen LogP contribution in [0.1, 0.15) is 28.5 Å². The molecule has 0 saturated heterocycles. The highest BCUT2D eigenvalue weighted by atomic mass is 35.5. The normalized spacial score (nSPS) is 12.8. The van der Waals surface area contributed by atoms with Gasteiger partial charge in [-0.1, -0.05) is 11.6 Å². The van der Waals surface area contributed by atoms with Gasteiger partial charge >= 0.3 is 6.18 Å². The Hall–Kier alpha value is -2.15. The minimum absolute atomic E-state index is 0.0217. The van der Waals surface area contributed by atoms with Gasteiger partial charge in [0.2, 0.25) is 0 Å². The fraction of sp³-hybridized carbons (Fsp3) is 0.312. The van der Waals surface area contributed by atoms with Crippen molar-refractivity contribution in [2.75, 3.05) is 7.05 Å². The van der Waals surface area contributed by atoms with Crippen LogP contribution in [0.5, 0.6) is 0 Å². The van der Waals surface area contributed by atoms with E-state index in [2.05, 4.69) is 9.97 Å². The molecule has 0 bridgehead atoms. The quantitative estimate of drug-likeness (QED) is 0.835. The monoisotopic (exact) mass is 357 g/mol. The molecule has 1 aromatic carbocycles. The Morgan fingerprint density at radius 1 is 1.33 bits per heavy atom. The van der Waals surface area contributed by atoms with Crippen LogP contribution in [0.25, 0.3) is 0 Å². The summed E-state index contributed by atoms with van der Waals surface area (Å²) in [5.74, 6) is -0.581. The van der Waals surface area contributed by atoms with Gasteiger partial charge in [0, 0.05) is 38.1 Å². The van der Waals surface area contributed by atoms with Gasteiger partial charge in [0.25, 0.3) is 5.91 Å². The number of rotatable bonds is 4. The third kappa shape index (κ3) is 4.23. The van der Waals surface area contributed by atoms with Crippen LogP contribution in [0.15, 0.2) is 36.8 Å². The summed E-state index contributed by atoms with van der Waals surface area (Å²) >= 11 is 5.91. The van der Waals surface area contributed by atoms with E-state index < -0.39 is 17.6 Å². The van der Waals surface area contributed by atoms with E-state index in [1.54, 1.807) is 13.1 Å². The maximum atomic E-state index is 12.8. The van der Waals surface area contributed by atoms with Crippen LogP contribution in [-0.4, -0.2) is 33.9 Å². The molecule has 128 valence electrons. The number of alkyl halides is 3. The van der Waals surface area contributed by atoms with Gasteiger partial charge in [0.1, 0.15) is 0 Å². The molecule has 8 heteroatoms. The van der Waals surface area contributed by atoms with Crippen LogP contribution in [0, 0.1) is 0 Å². The molecule has 0 radical (unpaired) electrons. The third-order valence-corrected chi connectivity index (χ3v) is 3.96. The van der Waals surface area contributed by atoms with E-state index in [1.165, 1.54) is 24.3 Å². The molecular weight excluding hydrogens is 343 g/mol. The van der Waals surface area contributed by atoms with Crippen LogP contribution in [0.2, 0.25) is 5.02 Å². The highest BCUT2D eigenvalue weighted by Gasteiger charge is 2.32. The van der Waals surface area contributed by atoms with Gasteiger partial charge in [-0.05, 0) is 25.1 Å². The zero-order chi connectivity index (χ0) is 17.9. The molecule has 0 aliphatic carbocycles. The Kier molecular flexibility index (Phi) is 5.43. The maximum absolute atomic E-state index is 12.8. The topological polar surface area (TPSA) is 46.1 Å². The molecule has 24 heavy (non-hydrogen) atoms. The number of carbonyl (C=O) groups is 1. The van der Waals surface area contributed by atoms with E-state index in [0.717, 1.165) is 18.2 Å². The highest BCUT2D eigenvalue weighted by molar-refractivity contribution is 6.33. The molecule has 4 nitrogen and oxygen atoms in total. The summed E-state index contributed by atoms with van der Waals surface area (Å²) in [6.45, 7) is 1.77. The van der Waals surface area contributed by atoms with Crippen molar-refractivity contribution < 1.29 is 18.0 Å². The average Bonchev–Trinajstić information content (AvgIpc) is 2.53. The number of nitrogens with zero attached hydrogens (tertiary/aromatic N) is 3. The van der Waals surface area contributed by atoms with Crippen molar-refractivity contribution in [1.82, 2.24) is 14.9 Å². The van der Waals surface area contributed by atoms with Crippen LogP contribution >= 0.6 is 11.6 Å². The molecule has 1 atom stereocenters. The van der Waals surface area contributed by atoms with E-state index in [-0.39, 0.29) is 16.6 Å². The molecule has 0 unspecified atom stereocenters. The molecule has 0 aliphatic rings. The molecule has 1 amide bonds. The van der Waals surface area contributed by atoms with Crippen molar-refractivity contribution in [3.63, 3.8) is 0 Å². The summed E-state index contributed by atoms with van der Waals surface area (Å²) in [4.78, 5) is 21.9. The van der Waals surface area contributed by atoms with Gasteiger partial charge in [-0.15, -0.1) is 0 Å². The van der Waals surface area contributed by atoms with Gasteiger partial charge in [-0.2, -0.15) is 13.2 Å². The Bertz CT molecular complexity index is 722. The Balaban J connectivity index is 2.21. The summed E-state index contributed by atoms with van der Waals surface area (Å²) in [5.41, 5.74) is -0.412. The number of aromatic nitrogens is 2. The first-order chi connectivity index (χ1) is 11.2. The Labute approximate surface area is 142 Å². The predicted octanol–water partition coefficient (Wildman–Crippen LogP) is 3.85. The van der Waals surface area contributed by atoms with Crippen molar-refractivity contribution in [2.45, 2.75) is 25.6 Å². The summed E-state index contributed by atoms with van der Waals surface area (Å²) in [6, 6.07) is 2.41. The van der Waals surface area contributed by atoms with Gasteiger partial charge < -0.3 is 4.90 Å². The summed E-state index contributed by atoms with van der Waals surface area (Å²) < 4.78 is 38.5. The smallest absolute Gasteiger partial charge is 0.339 e. The molecule has 2 rings (SSSR count). The van der Waals surface area contributed by atoms with Crippen molar-refractivity contribution in [3.8, 4) is 0 Å². The summed E-state index contributed by atoms with van der Waals surface area (Å²) in [5, 5.41) is -0.0217. The second-order valence-corrected chi connectivity index (χ2v) is 5.77. The molecule has 0 fully saturated rings. The van der Waals surface area contributed by atoms with Crippen LogP contribution in [-0.2, 0) is 12.6 Å². The number of hydrogen-bond donors (Lipinski definition) is 0. The number of benzene rings is 1. The summed E-state index contributed by atoms with van der Waals surface area (Å²) in [6.07, 6.45) is 0.529. The largest absolute Gasteiger partial charge is 0.416 e. The second kappa shape index (κ2) is 7.17. The van der Waals surface area contributed by atoms with E-state index in [9.17, 15) is 18.0 Å². The number of hydrogen-bond acceptors (Lipinski definition) is 3. The fourth-order valence-corrected chi connectivity index (χ4v) is 2.33. The molecule has 0 spiro atoms. The SMILES string of the molecule is C[C@H](Cc1cnccn1)N(C)C(=O)c1cc(C(F)(F)F)ccc1Cl. The zero-order valence-corrected chi connectivity index (χ0v) is 13.8. The zero-order valence-electron chi connectivity index (χ0n) is 13.0. The number of likely N-dealkylation sites (N-methyl/N-ethyl adjacent to an activating group) is 1. The first-order valence-corrected chi connectivity index (χ1v) is 7.46. The van der Waals surface area contributed by atoms with Gasteiger partial charge in [-0.25, -0.2) is 0 Å². The predicted molar refractivity (Wildman–Crippen MR) is 83.7 cm³/mol. The highest BCUT2D eigenvalue weighted by Crippen LogP contribution is 2.32. The molecular formula is C16H15ClF3N3O. The van der Waals surface area contributed by atoms with Crippen molar-refractivity contribution in [3.05, 3.63) is 58.6 Å². The molecule has 1 heterocycles. The number of halogens is 4. The second-order valence-electron chi connectivity index (χ2n) is 5.36. The van der Waals surface area contributed by atoms with Gasteiger partial charge in [0.05, 0.1) is 21.8 Å². The van der Waals surface area contributed by atoms with E-state index in [0.29, 0.717) is 12.1 Å². The van der Waals surface area contributed by atoms with E-state index in [4.69, 9.17) is 11.6 Å². The average molecular weight is 358 g/mol. The molecule has 1 aromatic heterocycles. The lowest BCUT2D eigenvalue weighted by atomic mass is 10.1. The molecule has 0 saturated carbocycles. The van der Waals surface area contributed by atoms with Gasteiger partial charge in [-0.3, -0.25) is 14.8 Å². The summed E-state index contributed by atoms with van der Waals surface area (Å²) in [7, 11) is 1.51. The lowest BCUT2D eigenvalue weighted by Gasteiger charge is -2.25. The first-order valence-electron chi connectivity index (χ1n) is 7.09. The third-order valence-electron chi connectivity index (χ3n) is 3.63. The number of carbonyl (C=O) groups excluding carboxylic acids is 1. The van der Waals surface area contributed by atoms with Crippen molar-refractivity contribution >= 4 is 17.5 Å².